The van der Waals surface area contributed by atoms with Crippen LogP contribution in [0.4, 0.5) is 5.69 Å². The summed E-state index contributed by atoms with van der Waals surface area (Å²) in [5.74, 6) is -0.207. The van der Waals surface area contributed by atoms with E-state index < -0.39 is 5.97 Å². The fraction of sp³-hybridized carbons (Fsp3) is 0.133. The molecule has 0 spiro atoms. The van der Waals surface area contributed by atoms with Crippen LogP contribution < -0.4 is 5.32 Å². The van der Waals surface area contributed by atoms with Gasteiger partial charge in [-0.05, 0) is 35.9 Å². The zero-order valence-corrected chi connectivity index (χ0v) is 11.6. The molecule has 0 aromatic heterocycles. The first-order valence-corrected chi connectivity index (χ1v) is 6.37. The summed E-state index contributed by atoms with van der Waals surface area (Å²) in [7, 11) is 1.33. The molecule has 0 saturated heterocycles. The Morgan fingerprint density at radius 3 is 2.60 bits per heavy atom. The van der Waals surface area contributed by atoms with Crippen molar-refractivity contribution in [3.63, 3.8) is 0 Å². The van der Waals surface area contributed by atoms with Crippen molar-refractivity contribution in [2.75, 3.05) is 12.4 Å². The maximum atomic E-state index is 11.7. The van der Waals surface area contributed by atoms with Crippen LogP contribution in [0.5, 0.6) is 5.75 Å². The minimum atomic E-state index is -0.421. The number of esters is 1. The molecule has 0 radical (unpaired) electrons. The minimum Gasteiger partial charge on any atom is -0.508 e. The third-order valence-electron chi connectivity index (χ3n) is 2.81. The SMILES string of the molecule is COC(=O)c1ccc(Cl)cc1NCc1ccc(O)cc1. The van der Waals surface area contributed by atoms with E-state index in [1.54, 1.807) is 42.5 Å². The number of anilines is 1. The largest absolute Gasteiger partial charge is 0.508 e. The van der Waals surface area contributed by atoms with Crippen molar-refractivity contribution in [2.24, 2.45) is 0 Å². The Labute approximate surface area is 122 Å². The molecular formula is C15H14ClNO3. The zero-order valence-electron chi connectivity index (χ0n) is 10.9. The number of phenolic OH excluding ortho intramolecular Hbond substituents is 1. The average molecular weight is 292 g/mol. The van der Waals surface area contributed by atoms with E-state index in [2.05, 4.69) is 5.32 Å². The lowest BCUT2D eigenvalue weighted by molar-refractivity contribution is 0.0602. The van der Waals surface area contributed by atoms with Gasteiger partial charge >= 0.3 is 5.97 Å². The molecule has 0 aliphatic rings. The van der Waals surface area contributed by atoms with Crippen LogP contribution in [0.15, 0.2) is 42.5 Å². The number of hydrogen-bond acceptors (Lipinski definition) is 4. The predicted octanol–water partition coefficient (Wildman–Crippen LogP) is 3.44. The first kappa shape index (κ1) is 14.2. The van der Waals surface area contributed by atoms with E-state index in [0.717, 1.165) is 5.56 Å². The van der Waals surface area contributed by atoms with Gasteiger partial charge in [0, 0.05) is 11.6 Å². The van der Waals surface area contributed by atoms with Gasteiger partial charge < -0.3 is 15.2 Å². The number of carbonyl (C=O) groups excluding carboxylic acids is 1. The van der Waals surface area contributed by atoms with Crippen LogP contribution in [0.25, 0.3) is 0 Å². The van der Waals surface area contributed by atoms with Crippen LogP contribution in [-0.4, -0.2) is 18.2 Å². The number of nitrogens with one attached hydrogen (secondary N) is 1. The van der Waals surface area contributed by atoms with Gasteiger partial charge in [0.1, 0.15) is 5.75 Å². The maximum absolute atomic E-state index is 11.7. The highest BCUT2D eigenvalue weighted by atomic mass is 35.5. The number of carbonyl (C=O) groups is 1. The number of ether oxygens (including phenoxy) is 1. The van der Waals surface area contributed by atoms with Crippen LogP contribution >= 0.6 is 11.6 Å². The van der Waals surface area contributed by atoms with Crippen LogP contribution in [0.2, 0.25) is 5.02 Å². The van der Waals surface area contributed by atoms with Gasteiger partial charge in [0.05, 0.1) is 18.4 Å². The Hall–Kier alpha value is -2.20. The first-order valence-electron chi connectivity index (χ1n) is 6.00. The lowest BCUT2D eigenvalue weighted by Gasteiger charge is -2.11. The minimum absolute atomic E-state index is 0.215. The number of methoxy groups -OCH3 is 1. The molecule has 0 unspecified atom stereocenters. The number of benzene rings is 2. The Kier molecular flexibility index (Phi) is 4.48. The highest BCUT2D eigenvalue weighted by Crippen LogP contribution is 2.22. The Morgan fingerprint density at radius 1 is 1.25 bits per heavy atom. The van der Waals surface area contributed by atoms with Gasteiger partial charge in [-0.25, -0.2) is 4.79 Å². The average Bonchev–Trinajstić information content (AvgIpc) is 2.46. The van der Waals surface area contributed by atoms with Gasteiger partial charge in [0.25, 0.3) is 0 Å². The number of halogens is 1. The molecule has 0 fully saturated rings. The lowest BCUT2D eigenvalue weighted by atomic mass is 10.1. The molecule has 5 heteroatoms. The summed E-state index contributed by atoms with van der Waals surface area (Å²) < 4.78 is 4.73. The van der Waals surface area contributed by atoms with Crippen molar-refractivity contribution in [1.82, 2.24) is 0 Å². The number of hydrogen-bond donors (Lipinski definition) is 2. The molecule has 0 bridgehead atoms. The van der Waals surface area contributed by atoms with E-state index in [0.29, 0.717) is 22.8 Å². The van der Waals surface area contributed by atoms with E-state index in [1.807, 2.05) is 0 Å². The van der Waals surface area contributed by atoms with Crippen LogP contribution in [-0.2, 0) is 11.3 Å². The molecule has 2 aromatic rings. The molecular weight excluding hydrogens is 278 g/mol. The van der Waals surface area contributed by atoms with Gasteiger partial charge in [-0.15, -0.1) is 0 Å². The van der Waals surface area contributed by atoms with Crippen molar-refractivity contribution in [1.29, 1.82) is 0 Å². The molecule has 20 heavy (non-hydrogen) atoms. The second-order valence-corrected chi connectivity index (χ2v) is 4.64. The number of phenols is 1. The molecule has 0 heterocycles. The van der Waals surface area contributed by atoms with Crippen molar-refractivity contribution < 1.29 is 14.6 Å². The summed E-state index contributed by atoms with van der Waals surface area (Å²) in [5, 5.41) is 12.9. The standard InChI is InChI=1S/C15H14ClNO3/c1-20-15(19)13-7-4-11(16)8-14(13)17-9-10-2-5-12(18)6-3-10/h2-8,17-18H,9H2,1H3. The molecule has 2 aromatic carbocycles. The smallest absolute Gasteiger partial charge is 0.339 e. The maximum Gasteiger partial charge on any atom is 0.339 e. The summed E-state index contributed by atoms with van der Waals surface area (Å²) in [6.07, 6.45) is 0. The molecule has 0 aliphatic carbocycles. The van der Waals surface area contributed by atoms with E-state index in [1.165, 1.54) is 7.11 Å². The normalized spacial score (nSPS) is 10.1. The fourth-order valence-electron chi connectivity index (χ4n) is 1.76. The lowest BCUT2D eigenvalue weighted by Crippen LogP contribution is -2.08. The Bertz CT molecular complexity index is 611. The van der Waals surface area contributed by atoms with Gasteiger partial charge in [-0.2, -0.15) is 0 Å². The molecule has 2 rings (SSSR count). The van der Waals surface area contributed by atoms with Crippen LogP contribution in [0, 0.1) is 0 Å². The second-order valence-electron chi connectivity index (χ2n) is 4.20. The molecule has 2 N–H and O–H groups in total. The fourth-order valence-corrected chi connectivity index (χ4v) is 1.93. The summed E-state index contributed by atoms with van der Waals surface area (Å²) in [4.78, 5) is 11.7. The summed E-state index contributed by atoms with van der Waals surface area (Å²) in [6.45, 7) is 0.505. The summed E-state index contributed by atoms with van der Waals surface area (Å²) >= 11 is 5.94. The van der Waals surface area contributed by atoms with Crippen molar-refractivity contribution in [2.45, 2.75) is 6.54 Å². The molecule has 4 nitrogen and oxygen atoms in total. The monoisotopic (exact) mass is 291 g/mol. The number of aromatic hydroxyl groups is 1. The zero-order chi connectivity index (χ0) is 14.5. The van der Waals surface area contributed by atoms with Crippen molar-refractivity contribution in [3.05, 3.63) is 58.6 Å². The van der Waals surface area contributed by atoms with Gasteiger partial charge in [-0.1, -0.05) is 23.7 Å². The van der Waals surface area contributed by atoms with E-state index in [9.17, 15) is 9.90 Å². The van der Waals surface area contributed by atoms with Crippen molar-refractivity contribution >= 4 is 23.3 Å². The summed E-state index contributed by atoms with van der Waals surface area (Å²) in [5.41, 5.74) is 2.01. The second kappa shape index (κ2) is 6.30. The van der Waals surface area contributed by atoms with Crippen LogP contribution in [0.3, 0.4) is 0 Å². The molecule has 0 aliphatic heterocycles. The van der Waals surface area contributed by atoms with E-state index in [-0.39, 0.29) is 5.75 Å². The van der Waals surface area contributed by atoms with Gasteiger partial charge in [0.15, 0.2) is 0 Å². The van der Waals surface area contributed by atoms with Crippen molar-refractivity contribution in [3.8, 4) is 5.75 Å². The van der Waals surface area contributed by atoms with Crippen LogP contribution in [0.1, 0.15) is 15.9 Å². The first-order chi connectivity index (χ1) is 9.60. The molecule has 0 amide bonds. The summed E-state index contributed by atoms with van der Waals surface area (Å²) in [6, 6.07) is 11.7. The highest BCUT2D eigenvalue weighted by molar-refractivity contribution is 6.31. The molecule has 0 saturated carbocycles. The molecule has 104 valence electrons. The third-order valence-corrected chi connectivity index (χ3v) is 3.04. The topological polar surface area (TPSA) is 58.6 Å². The predicted molar refractivity (Wildman–Crippen MR) is 78.2 cm³/mol. The highest BCUT2D eigenvalue weighted by Gasteiger charge is 2.12. The van der Waals surface area contributed by atoms with E-state index in [4.69, 9.17) is 16.3 Å². The number of rotatable bonds is 4. The van der Waals surface area contributed by atoms with Gasteiger partial charge in [0.2, 0.25) is 0 Å². The Morgan fingerprint density at radius 2 is 1.95 bits per heavy atom. The Balaban J connectivity index is 2.17. The molecule has 0 atom stereocenters. The van der Waals surface area contributed by atoms with E-state index >= 15 is 0 Å². The third kappa shape index (κ3) is 3.42. The van der Waals surface area contributed by atoms with Gasteiger partial charge in [-0.3, -0.25) is 0 Å². The quantitative estimate of drug-likeness (QED) is 0.847.